The highest BCUT2D eigenvalue weighted by Gasteiger charge is 2.17. The van der Waals surface area contributed by atoms with Gasteiger partial charge in [-0.15, -0.1) is 0 Å². The van der Waals surface area contributed by atoms with Crippen LogP contribution in [0.15, 0.2) is 24.3 Å². The minimum Gasteiger partial charge on any atom is -0.434 e. The third-order valence-corrected chi connectivity index (χ3v) is 2.48. The minimum atomic E-state index is -2.82. The van der Waals surface area contributed by atoms with Gasteiger partial charge >= 0.3 is 6.61 Å². The molecule has 3 nitrogen and oxygen atoms in total. The number of benzene rings is 1. The van der Waals surface area contributed by atoms with Crippen molar-refractivity contribution in [3.8, 4) is 5.75 Å². The standard InChI is InChI=1S/C13H19F2NO2/c1-3-8-16-11(9-17-2)10-6-4-5-7-12(10)18-13(14)15/h4-7,11,13,16H,3,8-9H2,1-2H3. The van der Waals surface area contributed by atoms with Crippen LogP contribution >= 0.6 is 0 Å². The first-order chi connectivity index (χ1) is 8.69. The van der Waals surface area contributed by atoms with Crippen molar-refractivity contribution in [2.75, 3.05) is 20.3 Å². The number of para-hydroxylation sites is 1. The molecule has 0 spiro atoms. The molecule has 1 unspecified atom stereocenters. The van der Waals surface area contributed by atoms with Crippen molar-refractivity contribution in [3.05, 3.63) is 29.8 Å². The average molecular weight is 259 g/mol. The first kappa shape index (κ1) is 14.9. The summed E-state index contributed by atoms with van der Waals surface area (Å²) in [4.78, 5) is 0. The SMILES string of the molecule is CCCNC(COC)c1ccccc1OC(F)F. The van der Waals surface area contributed by atoms with E-state index in [0.717, 1.165) is 13.0 Å². The second kappa shape index (κ2) is 8.00. The topological polar surface area (TPSA) is 30.5 Å². The summed E-state index contributed by atoms with van der Waals surface area (Å²) in [6.07, 6.45) is 0.956. The van der Waals surface area contributed by atoms with Gasteiger partial charge in [-0.25, -0.2) is 0 Å². The van der Waals surface area contributed by atoms with Crippen LogP contribution in [0.25, 0.3) is 0 Å². The van der Waals surface area contributed by atoms with E-state index < -0.39 is 6.61 Å². The van der Waals surface area contributed by atoms with Crippen LogP contribution in [0.2, 0.25) is 0 Å². The van der Waals surface area contributed by atoms with Crippen molar-refractivity contribution in [1.29, 1.82) is 0 Å². The Labute approximate surface area is 106 Å². The lowest BCUT2D eigenvalue weighted by Gasteiger charge is -2.20. The zero-order valence-corrected chi connectivity index (χ0v) is 10.7. The van der Waals surface area contributed by atoms with E-state index in [4.69, 9.17) is 4.74 Å². The molecule has 1 aromatic carbocycles. The van der Waals surface area contributed by atoms with Crippen LogP contribution in [0.1, 0.15) is 24.9 Å². The fourth-order valence-corrected chi connectivity index (χ4v) is 1.72. The molecule has 0 amide bonds. The summed E-state index contributed by atoms with van der Waals surface area (Å²) in [6.45, 7) is 0.416. The number of hydrogen-bond acceptors (Lipinski definition) is 3. The van der Waals surface area contributed by atoms with Crippen LogP contribution in [-0.4, -0.2) is 26.9 Å². The maximum atomic E-state index is 12.3. The van der Waals surface area contributed by atoms with Gasteiger partial charge in [0.05, 0.1) is 12.6 Å². The molecule has 102 valence electrons. The Balaban J connectivity index is 2.87. The number of ether oxygens (including phenoxy) is 2. The molecular weight excluding hydrogens is 240 g/mol. The summed E-state index contributed by atoms with van der Waals surface area (Å²) in [5, 5.41) is 3.25. The molecule has 1 N–H and O–H groups in total. The van der Waals surface area contributed by atoms with Crippen LogP contribution < -0.4 is 10.1 Å². The number of rotatable bonds is 8. The third-order valence-electron chi connectivity index (χ3n) is 2.48. The average Bonchev–Trinajstić information content (AvgIpc) is 2.35. The molecule has 0 saturated carbocycles. The van der Waals surface area contributed by atoms with Gasteiger partial charge in [0.25, 0.3) is 0 Å². The monoisotopic (exact) mass is 259 g/mol. The predicted molar refractivity (Wildman–Crippen MR) is 66.0 cm³/mol. The van der Waals surface area contributed by atoms with Gasteiger partial charge in [0.2, 0.25) is 0 Å². The molecule has 5 heteroatoms. The normalized spacial score (nSPS) is 12.7. The van der Waals surface area contributed by atoms with E-state index in [1.165, 1.54) is 6.07 Å². The fourth-order valence-electron chi connectivity index (χ4n) is 1.72. The Morgan fingerprint density at radius 1 is 1.28 bits per heavy atom. The van der Waals surface area contributed by atoms with Gasteiger partial charge in [-0.1, -0.05) is 25.1 Å². The Hall–Kier alpha value is -1.20. The van der Waals surface area contributed by atoms with Gasteiger partial charge < -0.3 is 14.8 Å². The highest BCUT2D eigenvalue weighted by Crippen LogP contribution is 2.26. The van der Waals surface area contributed by atoms with Crippen LogP contribution in [0, 0.1) is 0 Å². The quantitative estimate of drug-likeness (QED) is 0.778. The van der Waals surface area contributed by atoms with Crippen molar-refractivity contribution >= 4 is 0 Å². The van der Waals surface area contributed by atoms with Gasteiger partial charge in [0.15, 0.2) is 0 Å². The molecular formula is C13H19F2NO2. The van der Waals surface area contributed by atoms with Gasteiger partial charge in [-0.3, -0.25) is 0 Å². The molecule has 0 aliphatic rings. The second-order valence-corrected chi connectivity index (χ2v) is 3.88. The predicted octanol–water partition coefficient (Wildman–Crippen LogP) is 2.98. The van der Waals surface area contributed by atoms with Crippen molar-refractivity contribution in [3.63, 3.8) is 0 Å². The summed E-state index contributed by atoms with van der Waals surface area (Å²) in [5.41, 5.74) is 0.688. The van der Waals surface area contributed by atoms with Gasteiger partial charge in [0.1, 0.15) is 5.75 Å². The number of hydrogen-bond donors (Lipinski definition) is 1. The molecule has 1 rings (SSSR count). The van der Waals surface area contributed by atoms with Gasteiger partial charge in [0, 0.05) is 12.7 Å². The molecule has 0 aromatic heterocycles. The summed E-state index contributed by atoms with van der Waals surface area (Å²) >= 11 is 0. The number of nitrogens with one attached hydrogen (secondary N) is 1. The second-order valence-electron chi connectivity index (χ2n) is 3.88. The first-order valence-corrected chi connectivity index (χ1v) is 5.95. The Morgan fingerprint density at radius 2 is 2.00 bits per heavy atom. The maximum Gasteiger partial charge on any atom is 0.387 e. The fraction of sp³-hybridized carbons (Fsp3) is 0.538. The lowest BCUT2D eigenvalue weighted by Crippen LogP contribution is -2.26. The van der Waals surface area contributed by atoms with E-state index in [1.54, 1.807) is 25.3 Å². The van der Waals surface area contributed by atoms with Crippen molar-refractivity contribution < 1.29 is 18.3 Å². The Bertz CT molecular complexity index is 348. The largest absolute Gasteiger partial charge is 0.434 e. The number of halogens is 2. The highest BCUT2D eigenvalue weighted by atomic mass is 19.3. The lowest BCUT2D eigenvalue weighted by molar-refractivity contribution is -0.0509. The Kier molecular flexibility index (Phi) is 6.60. The van der Waals surface area contributed by atoms with E-state index in [-0.39, 0.29) is 11.8 Å². The molecule has 0 fully saturated rings. The van der Waals surface area contributed by atoms with Crippen molar-refractivity contribution in [2.24, 2.45) is 0 Å². The smallest absolute Gasteiger partial charge is 0.387 e. The van der Waals surface area contributed by atoms with Crippen LogP contribution in [0.5, 0.6) is 5.75 Å². The zero-order chi connectivity index (χ0) is 13.4. The summed E-state index contributed by atoms with van der Waals surface area (Å²) in [5.74, 6) is 0.193. The number of methoxy groups -OCH3 is 1. The van der Waals surface area contributed by atoms with E-state index in [0.29, 0.717) is 12.2 Å². The van der Waals surface area contributed by atoms with Gasteiger partial charge in [-0.2, -0.15) is 8.78 Å². The van der Waals surface area contributed by atoms with Crippen LogP contribution in [-0.2, 0) is 4.74 Å². The molecule has 0 aliphatic heterocycles. The lowest BCUT2D eigenvalue weighted by atomic mass is 10.1. The van der Waals surface area contributed by atoms with E-state index in [1.807, 2.05) is 6.92 Å². The summed E-state index contributed by atoms with van der Waals surface area (Å²) < 4.78 is 34.3. The van der Waals surface area contributed by atoms with Gasteiger partial charge in [-0.05, 0) is 19.0 Å². The Morgan fingerprint density at radius 3 is 2.61 bits per heavy atom. The maximum absolute atomic E-state index is 12.3. The third kappa shape index (κ3) is 4.58. The van der Waals surface area contributed by atoms with E-state index in [2.05, 4.69) is 10.1 Å². The molecule has 0 heterocycles. The van der Waals surface area contributed by atoms with Crippen LogP contribution in [0.3, 0.4) is 0 Å². The van der Waals surface area contributed by atoms with Crippen molar-refractivity contribution in [1.82, 2.24) is 5.32 Å². The zero-order valence-electron chi connectivity index (χ0n) is 10.7. The number of alkyl halides is 2. The first-order valence-electron chi connectivity index (χ1n) is 5.95. The van der Waals surface area contributed by atoms with E-state index >= 15 is 0 Å². The molecule has 0 saturated heterocycles. The van der Waals surface area contributed by atoms with Crippen LogP contribution in [0.4, 0.5) is 8.78 Å². The molecule has 0 aliphatic carbocycles. The molecule has 0 bridgehead atoms. The molecule has 18 heavy (non-hydrogen) atoms. The minimum absolute atomic E-state index is 0.148. The summed E-state index contributed by atoms with van der Waals surface area (Å²) in [6, 6.07) is 6.63. The summed E-state index contributed by atoms with van der Waals surface area (Å²) in [7, 11) is 1.58. The molecule has 0 radical (unpaired) electrons. The van der Waals surface area contributed by atoms with Crippen molar-refractivity contribution in [2.45, 2.75) is 26.0 Å². The molecule has 1 atom stereocenters. The molecule has 1 aromatic rings. The van der Waals surface area contributed by atoms with E-state index in [9.17, 15) is 8.78 Å². The highest BCUT2D eigenvalue weighted by molar-refractivity contribution is 5.36.